The highest BCUT2D eigenvalue weighted by atomic mass is 16.5. The molecule has 1 aromatic heterocycles. The predicted octanol–water partition coefficient (Wildman–Crippen LogP) is 3.96. The summed E-state index contributed by atoms with van der Waals surface area (Å²) < 4.78 is 5.29. The Morgan fingerprint density at radius 3 is 2.79 bits per heavy atom. The second-order valence-electron chi connectivity index (χ2n) is 8.55. The molecule has 6 heteroatoms. The molecule has 6 rings (SSSR count). The Hall–Kier alpha value is -4.06. The van der Waals surface area contributed by atoms with Gasteiger partial charge in [-0.3, -0.25) is 9.59 Å². The average Bonchev–Trinajstić information content (AvgIpc) is 3.38. The van der Waals surface area contributed by atoms with Crippen LogP contribution in [0.4, 0.5) is 0 Å². The van der Waals surface area contributed by atoms with Crippen LogP contribution in [0.2, 0.25) is 0 Å². The van der Waals surface area contributed by atoms with Crippen molar-refractivity contribution in [3.63, 3.8) is 0 Å². The van der Waals surface area contributed by atoms with E-state index in [1.165, 1.54) is 0 Å². The van der Waals surface area contributed by atoms with Crippen molar-refractivity contribution in [3.8, 4) is 5.75 Å². The summed E-state index contributed by atoms with van der Waals surface area (Å²) in [4.78, 5) is 32.2. The number of carbonyl (C=O) groups is 2. The molecule has 2 N–H and O–H groups in total. The van der Waals surface area contributed by atoms with Gasteiger partial charge in [-0.2, -0.15) is 0 Å². The number of carbonyl (C=O) groups excluding carboxylic acids is 2. The summed E-state index contributed by atoms with van der Waals surface area (Å²) in [5.74, 6) is 0.495. The van der Waals surface area contributed by atoms with E-state index < -0.39 is 6.04 Å². The van der Waals surface area contributed by atoms with Crippen LogP contribution in [-0.2, 0) is 17.8 Å². The predicted molar refractivity (Wildman–Crippen MR) is 125 cm³/mol. The Balaban J connectivity index is 1.39. The fraction of sp³-hybridized carbons (Fsp3) is 0.185. The molecule has 1 unspecified atom stereocenters. The maximum absolute atomic E-state index is 13.5. The summed E-state index contributed by atoms with van der Waals surface area (Å²) in [5, 5.41) is 4.16. The molecule has 0 bridgehead atoms. The van der Waals surface area contributed by atoms with Crippen molar-refractivity contribution in [2.24, 2.45) is 0 Å². The molecule has 0 saturated carbocycles. The van der Waals surface area contributed by atoms with E-state index in [0.717, 1.165) is 39.0 Å². The first-order valence-electron chi connectivity index (χ1n) is 11.1. The Kier molecular flexibility index (Phi) is 4.47. The number of benzene rings is 3. The van der Waals surface area contributed by atoms with Crippen LogP contribution in [0, 0.1) is 0 Å². The molecule has 6 nitrogen and oxygen atoms in total. The lowest BCUT2D eigenvalue weighted by atomic mass is 9.90. The van der Waals surface area contributed by atoms with E-state index >= 15 is 0 Å². The van der Waals surface area contributed by atoms with E-state index in [9.17, 15) is 9.59 Å². The highest BCUT2D eigenvalue weighted by Gasteiger charge is 2.48. The molecular weight excluding hydrogens is 414 g/mol. The molecule has 4 aromatic rings. The van der Waals surface area contributed by atoms with Gasteiger partial charge in [0.1, 0.15) is 11.8 Å². The number of methoxy groups -OCH3 is 1. The summed E-state index contributed by atoms with van der Waals surface area (Å²) in [6.07, 6.45) is 0.472. The lowest BCUT2D eigenvalue weighted by Crippen LogP contribution is -2.52. The van der Waals surface area contributed by atoms with Gasteiger partial charge in [-0.15, -0.1) is 0 Å². The lowest BCUT2D eigenvalue weighted by molar-refractivity contribution is -0.126. The number of nitrogens with one attached hydrogen (secondary N) is 2. The number of aromatic nitrogens is 1. The minimum absolute atomic E-state index is 0.0959. The Morgan fingerprint density at radius 1 is 1.09 bits per heavy atom. The molecule has 3 aromatic carbocycles. The number of H-pyrrole nitrogens is 1. The highest BCUT2D eigenvalue weighted by molar-refractivity contribution is 6.03. The normalized spacial score (nSPS) is 18.6. The molecule has 2 atom stereocenters. The zero-order chi connectivity index (χ0) is 22.5. The second-order valence-corrected chi connectivity index (χ2v) is 8.55. The third kappa shape index (κ3) is 3.02. The van der Waals surface area contributed by atoms with Crippen LogP contribution in [0.15, 0.2) is 72.8 Å². The number of amides is 2. The van der Waals surface area contributed by atoms with Crippen LogP contribution in [0.3, 0.4) is 0 Å². The molecular formula is C27H23N3O3. The smallest absolute Gasteiger partial charge is 0.255 e. The SMILES string of the molecule is COc1cccc(CNC(=O)[C@@H]2Cc3c([nH]c4ccccc34)C3c4ccccc4C(=O)N32)c1. The van der Waals surface area contributed by atoms with Crippen LogP contribution in [0.1, 0.15) is 38.8 Å². The van der Waals surface area contributed by atoms with Crippen LogP contribution < -0.4 is 10.1 Å². The number of rotatable bonds is 4. The molecule has 3 heterocycles. The molecule has 164 valence electrons. The minimum Gasteiger partial charge on any atom is -0.497 e. The van der Waals surface area contributed by atoms with Crippen LogP contribution in [0.5, 0.6) is 5.75 Å². The first-order valence-corrected chi connectivity index (χ1v) is 11.1. The summed E-state index contributed by atoms with van der Waals surface area (Å²) in [6.45, 7) is 0.368. The minimum atomic E-state index is -0.591. The Bertz CT molecular complexity index is 1410. The van der Waals surface area contributed by atoms with E-state index in [2.05, 4.69) is 16.4 Å². The fourth-order valence-electron chi connectivity index (χ4n) is 5.23. The average molecular weight is 437 g/mol. The van der Waals surface area contributed by atoms with E-state index in [1.54, 1.807) is 12.0 Å². The Morgan fingerprint density at radius 2 is 1.91 bits per heavy atom. The van der Waals surface area contributed by atoms with Crippen LogP contribution >= 0.6 is 0 Å². The maximum atomic E-state index is 13.5. The van der Waals surface area contributed by atoms with Crippen molar-refractivity contribution in [1.29, 1.82) is 0 Å². The van der Waals surface area contributed by atoms with Crippen molar-refractivity contribution >= 4 is 22.7 Å². The van der Waals surface area contributed by atoms with Gasteiger partial charge in [0.25, 0.3) is 5.91 Å². The van der Waals surface area contributed by atoms with E-state index in [4.69, 9.17) is 4.74 Å². The van der Waals surface area contributed by atoms with Gasteiger partial charge in [0.05, 0.1) is 13.2 Å². The number of ether oxygens (including phenoxy) is 1. The van der Waals surface area contributed by atoms with Gasteiger partial charge in [0.15, 0.2) is 0 Å². The van der Waals surface area contributed by atoms with E-state index in [1.807, 2.05) is 66.7 Å². The monoisotopic (exact) mass is 437 g/mol. The zero-order valence-electron chi connectivity index (χ0n) is 18.2. The maximum Gasteiger partial charge on any atom is 0.255 e. The fourth-order valence-corrected chi connectivity index (χ4v) is 5.23. The first kappa shape index (κ1) is 19.6. The molecule has 0 spiro atoms. The standard InChI is InChI=1S/C27H23N3O3/c1-33-17-8-6-7-16(13-17)15-28-26(31)23-14-21-18-9-4-5-12-22(18)29-24(21)25-19-10-2-3-11-20(19)27(32)30(23)25/h2-13,23,25,29H,14-15H2,1H3,(H,28,31)/t23-,25?/m0/s1. The van der Waals surface area contributed by atoms with Crippen molar-refractivity contribution in [3.05, 3.63) is 101 Å². The summed E-state index contributed by atoms with van der Waals surface area (Å²) in [6, 6.07) is 22.5. The molecule has 0 aliphatic carbocycles. The van der Waals surface area contributed by atoms with E-state index in [0.29, 0.717) is 18.5 Å². The molecule has 2 aliphatic heterocycles. The molecule has 0 saturated heterocycles. The van der Waals surface area contributed by atoms with Crippen molar-refractivity contribution in [2.45, 2.75) is 25.0 Å². The Labute approximate surface area is 191 Å². The largest absolute Gasteiger partial charge is 0.497 e. The number of hydrogen-bond donors (Lipinski definition) is 2. The molecule has 33 heavy (non-hydrogen) atoms. The second kappa shape index (κ2) is 7.52. The van der Waals surface area contributed by atoms with Gasteiger partial charge >= 0.3 is 0 Å². The van der Waals surface area contributed by atoms with Gasteiger partial charge in [0, 0.05) is 35.1 Å². The summed E-state index contributed by atoms with van der Waals surface area (Å²) in [5.41, 5.74) is 5.69. The highest BCUT2D eigenvalue weighted by Crippen LogP contribution is 2.46. The third-order valence-electron chi connectivity index (χ3n) is 6.76. The number of aromatic amines is 1. The molecule has 2 aliphatic rings. The van der Waals surface area contributed by atoms with Crippen LogP contribution in [-0.4, -0.2) is 34.8 Å². The lowest BCUT2D eigenvalue weighted by Gasteiger charge is -2.37. The summed E-state index contributed by atoms with van der Waals surface area (Å²) >= 11 is 0. The van der Waals surface area contributed by atoms with Gasteiger partial charge in [-0.05, 0) is 41.0 Å². The summed E-state index contributed by atoms with van der Waals surface area (Å²) in [7, 11) is 1.62. The van der Waals surface area contributed by atoms with Gasteiger partial charge in [-0.25, -0.2) is 0 Å². The molecule has 2 amide bonds. The van der Waals surface area contributed by atoms with Gasteiger partial charge < -0.3 is 19.9 Å². The number of para-hydroxylation sites is 1. The number of hydrogen-bond acceptors (Lipinski definition) is 3. The number of fused-ring (bicyclic) bond motifs is 7. The quantitative estimate of drug-likeness (QED) is 0.508. The van der Waals surface area contributed by atoms with Crippen LogP contribution in [0.25, 0.3) is 10.9 Å². The van der Waals surface area contributed by atoms with E-state index in [-0.39, 0.29) is 17.9 Å². The number of nitrogens with zero attached hydrogens (tertiary/aromatic N) is 1. The van der Waals surface area contributed by atoms with Crippen molar-refractivity contribution < 1.29 is 14.3 Å². The first-order chi connectivity index (χ1) is 16.2. The van der Waals surface area contributed by atoms with Gasteiger partial charge in [0.2, 0.25) is 5.91 Å². The van der Waals surface area contributed by atoms with Crippen molar-refractivity contribution in [2.75, 3.05) is 7.11 Å². The molecule has 0 fully saturated rings. The topological polar surface area (TPSA) is 74.4 Å². The third-order valence-corrected chi connectivity index (χ3v) is 6.76. The van der Waals surface area contributed by atoms with Gasteiger partial charge in [-0.1, -0.05) is 48.5 Å². The molecule has 0 radical (unpaired) electrons. The van der Waals surface area contributed by atoms with Crippen molar-refractivity contribution in [1.82, 2.24) is 15.2 Å². The zero-order valence-corrected chi connectivity index (χ0v) is 18.2.